The molecule has 0 radical (unpaired) electrons. The summed E-state index contributed by atoms with van der Waals surface area (Å²) in [5.41, 5.74) is 2.13. The molecule has 1 atom stereocenters. The summed E-state index contributed by atoms with van der Waals surface area (Å²) in [6.45, 7) is 4.02. The predicted molar refractivity (Wildman–Crippen MR) is 102 cm³/mol. The van der Waals surface area contributed by atoms with Crippen LogP contribution in [0, 0.1) is 12.8 Å². The Kier molecular flexibility index (Phi) is 5.05. The van der Waals surface area contributed by atoms with Crippen LogP contribution in [0.5, 0.6) is 0 Å². The predicted octanol–water partition coefficient (Wildman–Crippen LogP) is 3.33. The van der Waals surface area contributed by atoms with Crippen LogP contribution in [0.1, 0.15) is 24.3 Å². The molecule has 0 spiro atoms. The molecule has 0 bridgehead atoms. The number of benzene rings is 1. The van der Waals surface area contributed by atoms with E-state index >= 15 is 0 Å². The highest BCUT2D eigenvalue weighted by molar-refractivity contribution is 5.76. The maximum absolute atomic E-state index is 12.5. The second kappa shape index (κ2) is 7.78. The van der Waals surface area contributed by atoms with Gasteiger partial charge in [-0.25, -0.2) is 0 Å². The van der Waals surface area contributed by atoms with E-state index < -0.39 is 0 Å². The molecule has 4 rings (SSSR count). The van der Waals surface area contributed by atoms with Gasteiger partial charge >= 0.3 is 0 Å². The van der Waals surface area contributed by atoms with Crippen molar-refractivity contribution >= 4 is 5.91 Å². The van der Waals surface area contributed by atoms with Crippen LogP contribution in [0.15, 0.2) is 53.3 Å². The van der Waals surface area contributed by atoms with Crippen molar-refractivity contribution in [1.29, 1.82) is 0 Å². The third kappa shape index (κ3) is 4.10. The van der Waals surface area contributed by atoms with Gasteiger partial charge < -0.3 is 14.0 Å². The van der Waals surface area contributed by atoms with E-state index in [1.807, 2.05) is 65.2 Å². The first-order chi connectivity index (χ1) is 13.2. The fourth-order valence-electron chi connectivity index (χ4n) is 3.71. The monoisotopic (exact) mass is 364 g/mol. The topological polar surface area (TPSA) is 64.2 Å². The van der Waals surface area contributed by atoms with E-state index in [9.17, 15) is 4.79 Å². The van der Waals surface area contributed by atoms with Crippen LogP contribution in [0.25, 0.3) is 11.4 Å². The summed E-state index contributed by atoms with van der Waals surface area (Å²) in [7, 11) is 0. The van der Waals surface area contributed by atoms with Gasteiger partial charge in [0.2, 0.25) is 17.6 Å². The summed E-state index contributed by atoms with van der Waals surface area (Å²) >= 11 is 0. The standard InChI is InChI=1S/C21H24N4O2/c1-16-7-2-3-9-18(16)21-22-19(27-23-21)13-17-8-6-12-25(14-17)20(26)15-24-10-4-5-11-24/h2-5,7,9-11,17H,6,8,12-15H2,1H3. The van der Waals surface area contributed by atoms with E-state index in [1.54, 1.807) is 0 Å². The van der Waals surface area contributed by atoms with Crippen molar-refractivity contribution < 1.29 is 9.32 Å². The van der Waals surface area contributed by atoms with E-state index in [1.165, 1.54) is 0 Å². The van der Waals surface area contributed by atoms with Gasteiger partial charge in [-0.05, 0) is 43.4 Å². The number of hydrogen-bond acceptors (Lipinski definition) is 4. The lowest BCUT2D eigenvalue weighted by molar-refractivity contribution is -0.133. The second-order valence-electron chi connectivity index (χ2n) is 7.23. The van der Waals surface area contributed by atoms with Crippen molar-refractivity contribution in [1.82, 2.24) is 19.6 Å². The lowest BCUT2D eigenvalue weighted by atomic mass is 9.94. The molecule has 140 valence electrons. The zero-order chi connectivity index (χ0) is 18.6. The summed E-state index contributed by atoms with van der Waals surface area (Å²) in [5.74, 6) is 1.82. The second-order valence-corrected chi connectivity index (χ2v) is 7.23. The number of aryl methyl sites for hydroxylation is 1. The lowest BCUT2D eigenvalue weighted by Gasteiger charge is -2.32. The van der Waals surface area contributed by atoms with Crippen LogP contribution in [0.3, 0.4) is 0 Å². The maximum Gasteiger partial charge on any atom is 0.242 e. The fourth-order valence-corrected chi connectivity index (χ4v) is 3.71. The minimum absolute atomic E-state index is 0.169. The van der Waals surface area contributed by atoms with Crippen LogP contribution in [-0.4, -0.2) is 38.6 Å². The number of aromatic nitrogens is 3. The first-order valence-electron chi connectivity index (χ1n) is 9.46. The average molecular weight is 364 g/mol. The van der Waals surface area contributed by atoms with Crippen LogP contribution < -0.4 is 0 Å². The number of rotatable bonds is 5. The van der Waals surface area contributed by atoms with Gasteiger partial charge in [0.05, 0.1) is 0 Å². The highest BCUT2D eigenvalue weighted by Crippen LogP contribution is 2.24. The molecule has 2 aromatic heterocycles. The van der Waals surface area contributed by atoms with Gasteiger partial charge in [-0.15, -0.1) is 0 Å². The SMILES string of the molecule is Cc1ccccc1-c1noc(CC2CCCN(C(=O)Cn3cccc3)C2)n1. The van der Waals surface area contributed by atoms with Crippen molar-refractivity contribution in [3.05, 3.63) is 60.2 Å². The Morgan fingerprint density at radius 2 is 2.04 bits per heavy atom. The number of piperidine rings is 1. The third-order valence-corrected chi connectivity index (χ3v) is 5.17. The first kappa shape index (κ1) is 17.5. The van der Waals surface area contributed by atoms with Gasteiger partial charge in [0, 0.05) is 37.5 Å². The molecular weight excluding hydrogens is 340 g/mol. The van der Waals surface area contributed by atoms with Crippen LogP contribution in [-0.2, 0) is 17.8 Å². The number of hydrogen-bond donors (Lipinski definition) is 0. The quantitative estimate of drug-likeness (QED) is 0.697. The average Bonchev–Trinajstić information content (AvgIpc) is 3.34. The molecule has 1 fully saturated rings. The Balaban J connectivity index is 1.38. The summed E-state index contributed by atoms with van der Waals surface area (Å²) in [6.07, 6.45) is 6.65. The molecule has 1 unspecified atom stereocenters. The van der Waals surface area contributed by atoms with Gasteiger partial charge in [0.25, 0.3) is 0 Å². The molecule has 1 saturated heterocycles. The van der Waals surface area contributed by atoms with Crippen molar-refractivity contribution in [2.24, 2.45) is 5.92 Å². The minimum Gasteiger partial charge on any atom is -0.345 e. The molecule has 1 aliphatic heterocycles. The summed E-state index contributed by atoms with van der Waals surface area (Å²) in [6, 6.07) is 11.9. The van der Waals surface area contributed by atoms with Crippen LogP contribution in [0.2, 0.25) is 0 Å². The zero-order valence-electron chi connectivity index (χ0n) is 15.5. The molecule has 0 N–H and O–H groups in total. The molecule has 1 aliphatic rings. The number of carbonyl (C=O) groups excluding carboxylic acids is 1. The van der Waals surface area contributed by atoms with Gasteiger partial charge in [-0.3, -0.25) is 4.79 Å². The van der Waals surface area contributed by atoms with Crippen molar-refractivity contribution in [2.75, 3.05) is 13.1 Å². The van der Waals surface area contributed by atoms with Gasteiger partial charge in [0.15, 0.2) is 0 Å². The van der Waals surface area contributed by atoms with E-state index in [4.69, 9.17) is 4.52 Å². The molecule has 6 nitrogen and oxygen atoms in total. The first-order valence-corrected chi connectivity index (χ1v) is 9.46. The highest BCUT2D eigenvalue weighted by atomic mass is 16.5. The number of carbonyl (C=O) groups is 1. The largest absolute Gasteiger partial charge is 0.345 e. The Morgan fingerprint density at radius 3 is 2.85 bits per heavy atom. The minimum atomic E-state index is 0.169. The Morgan fingerprint density at radius 1 is 1.22 bits per heavy atom. The van der Waals surface area contributed by atoms with Crippen molar-refractivity contribution in [3.63, 3.8) is 0 Å². The van der Waals surface area contributed by atoms with Gasteiger partial charge in [-0.2, -0.15) is 4.98 Å². The Bertz CT molecular complexity index is 901. The van der Waals surface area contributed by atoms with Crippen molar-refractivity contribution in [2.45, 2.75) is 32.7 Å². The zero-order valence-corrected chi connectivity index (χ0v) is 15.5. The van der Waals surface area contributed by atoms with E-state index in [0.29, 0.717) is 30.6 Å². The van der Waals surface area contributed by atoms with Crippen LogP contribution in [0.4, 0.5) is 0 Å². The highest BCUT2D eigenvalue weighted by Gasteiger charge is 2.25. The molecule has 1 aromatic carbocycles. The summed E-state index contributed by atoms with van der Waals surface area (Å²) in [4.78, 5) is 19.1. The van der Waals surface area contributed by atoms with E-state index in [2.05, 4.69) is 10.1 Å². The lowest BCUT2D eigenvalue weighted by Crippen LogP contribution is -2.42. The Labute approximate surface area is 158 Å². The summed E-state index contributed by atoms with van der Waals surface area (Å²) in [5, 5.41) is 4.15. The number of nitrogens with zero attached hydrogens (tertiary/aromatic N) is 4. The smallest absolute Gasteiger partial charge is 0.242 e. The molecule has 1 amide bonds. The van der Waals surface area contributed by atoms with E-state index in [-0.39, 0.29) is 5.91 Å². The van der Waals surface area contributed by atoms with Crippen LogP contribution >= 0.6 is 0 Å². The molecule has 6 heteroatoms. The molecule has 27 heavy (non-hydrogen) atoms. The molecule has 0 aliphatic carbocycles. The maximum atomic E-state index is 12.5. The number of likely N-dealkylation sites (tertiary alicyclic amines) is 1. The normalized spacial score (nSPS) is 17.2. The van der Waals surface area contributed by atoms with E-state index in [0.717, 1.165) is 37.1 Å². The molecular formula is C21H24N4O2. The summed E-state index contributed by atoms with van der Waals surface area (Å²) < 4.78 is 7.40. The number of amides is 1. The van der Waals surface area contributed by atoms with Gasteiger partial charge in [-0.1, -0.05) is 29.4 Å². The van der Waals surface area contributed by atoms with Crippen molar-refractivity contribution in [3.8, 4) is 11.4 Å². The fraction of sp³-hybridized carbons (Fsp3) is 0.381. The third-order valence-electron chi connectivity index (χ3n) is 5.17. The molecule has 3 heterocycles. The molecule has 3 aromatic rings. The molecule has 0 saturated carbocycles. The Hall–Kier alpha value is -2.89. The van der Waals surface area contributed by atoms with Gasteiger partial charge in [0.1, 0.15) is 6.54 Å².